The van der Waals surface area contributed by atoms with Gasteiger partial charge in [-0.25, -0.2) is 0 Å². The van der Waals surface area contributed by atoms with Crippen LogP contribution in [0.25, 0.3) is 10.9 Å². The van der Waals surface area contributed by atoms with Crippen LogP contribution >= 0.6 is 0 Å². The molecule has 6 heteroatoms. The maximum Gasteiger partial charge on any atom is 0.242 e. The SMILES string of the molecule is CCN(CC)C(=O)CN1C(=O)C2CCc3[nH]c4ccccc4c3C2C1=O. The van der Waals surface area contributed by atoms with Crippen LogP contribution in [0.1, 0.15) is 37.4 Å². The highest BCUT2D eigenvalue weighted by atomic mass is 16.2. The second kappa shape index (κ2) is 6.27. The first-order chi connectivity index (χ1) is 12.6. The predicted octanol–water partition coefficient (Wildman–Crippen LogP) is 2.05. The molecule has 0 saturated carbocycles. The van der Waals surface area contributed by atoms with Crippen molar-refractivity contribution >= 4 is 28.6 Å². The first kappa shape index (κ1) is 16.8. The zero-order valence-electron chi connectivity index (χ0n) is 15.1. The van der Waals surface area contributed by atoms with Gasteiger partial charge in [0.1, 0.15) is 6.54 Å². The van der Waals surface area contributed by atoms with Crippen molar-refractivity contribution in [2.75, 3.05) is 19.6 Å². The number of carbonyl (C=O) groups is 3. The van der Waals surface area contributed by atoms with E-state index < -0.39 is 5.92 Å². The third-order valence-electron chi connectivity index (χ3n) is 5.77. The normalized spacial score (nSPS) is 21.8. The van der Waals surface area contributed by atoms with E-state index in [0.717, 1.165) is 28.6 Å². The predicted molar refractivity (Wildman–Crippen MR) is 97.5 cm³/mol. The Hall–Kier alpha value is -2.63. The average molecular weight is 353 g/mol. The van der Waals surface area contributed by atoms with Crippen LogP contribution < -0.4 is 0 Å². The number of rotatable bonds is 4. The van der Waals surface area contributed by atoms with E-state index in [0.29, 0.717) is 19.5 Å². The van der Waals surface area contributed by atoms with Crippen LogP contribution in [-0.4, -0.2) is 52.1 Å². The number of fused-ring (bicyclic) bond motifs is 5. The highest BCUT2D eigenvalue weighted by Gasteiger charge is 2.51. The van der Waals surface area contributed by atoms with Crippen molar-refractivity contribution in [1.29, 1.82) is 0 Å². The van der Waals surface area contributed by atoms with Gasteiger partial charge in [0.05, 0.1) is 11.8 Å². The molecule has 0 radical (unpaired) electrons. The van der Waals surface area contributed by atoms with Gasteiger partial charge in [-0.2, -0.15) is 0 Å². The molecule has 2 atom stereocenters. The Morgan fingerprint density at radius 3 is 2.65 bits per heavy atom. The van der Waals surface area contributed by atoms with Gasteiger partial charge in [0.15, 0.2) is 0 Å². The van der Waals surface area contributed by atoms with Crippen molar-refractivity contribution in [3.8, 4) is 0 Å². The standard InChI is InChI=1S/C20H23N3O3/c1-3-22(4-2)16(24)11-23-19(25)13-9-10-15-17(18(13)20(23)26)12-7-5-6-8-14(12)21-15/h5-8,13,18,21H,3-4,9-11H2,1-2H3. The summed E-state index contributed by atoms with van der Waals surface area (Å²) >= 11 is 0. The molecule has 4 rings (SSSR count). The zero-order chi connectivity index (χ0) is 18.4. The average Bonchev–Trinajstić information content (AvgIpc) is 3.13. The van der Waals surface area contributed by atoms with Crippen LogP contribution in [0.15, 0.2) is 24.3 Å². The summed E-state index contributed by atoms with van der Waals surface area (Å²) in [5.41, 5.74) is 2.99. The van der Waals surface area contributed by atoms with E-state index in [1.807, 2.05) is 38.1 Å². The van der Waals surface area contributed by atoms with Crippen molar-refractivity contribution in [3.05, 3.63) is 35.5 Å². The second-order valence-electron chi connectivity index (χ2n) is 7.01. The quantitative estimate of drug-likeness (QED) is 0.855. The topological polar surface area (TPSA) is 73.5 Å². The van der Waals surface area contributed by atoms with Gasteiger partial charge in [0, 0.05) is 29.7 Å². The summed E-state index contributed by atoms with van der Waals surface area (Å²) in [5.74, 6) is -1.41. The third kappa shape index (κ3) is 2.35. The summed E-state index contributed by atoms with van der Waals surface area (Å²) in [6, 6.07) is 7.89. The number of nitrogens with one attached hydrogen (secondary N) is 1. The van der Waals surface area contributed by atoms with E-state index in [4.69, 9.17) is 0 Å². The number of para-hydroxylation sites is 1. The van der Waals surface area contributed by atoms with Crippen molar-refractivity contribution < 1.29 is 14.4 Å². The molecule has 1 aliphatic heterocycles. The van der Waals surface area contributed by atoms with Gasteiger partial charge >= 0.3 is 0 Å². The number of aromatic amines is 1. The van der Waals surface area contributed by atoms with Crippen LogP contribution in [0.4, 0.5) is 0 Å². The molecule has 6 nitrogen and oxygen atoms in total. The number of nitrogens with zero attached hydrogens (tertiary/aromatic N) is 2. The summed E-state index contributed by atoms with van der Waals surface area (Å²) in [4.78, 5) is 44.7. The number of likely N-dealkylation sites (tertiary alicyclic amines) is 1. The number of carbonyl (C=O) groups excluding carboxylic acids is 3. The number of aromatic nitrogens is 1. The highest BCUT2D eigenvalue weighted by molar-refractivity contribution is 6.11. The summed E-state index contributed by atoms with van der Waals surface area (Å²) in [7, 11) is 0. The van der Waals surface area contributed by atoms with Gasteiger partial charge in [0.2, 0.25) is 17.7 Å². The number of benzene rings is 1. The highest BCUT2D eigenvalue weighted by Crippen LogP contribution is 2.45. The third-order valence-corrected chi connectivity index (χ3v) is 5.77. The maximum absolute atomic E-state index is 13.1. The molecular weight excluding hydrogens is 330 g/mol. The Labute approximate surface area is 152 Å². The largest absolute Gasteiger partial charge is 0.358 e. The Morgan fingerprint density at radius 1 is 1.19 bits per heavy atom. The van der Waals surface area contributed by atoms with E-state index in [9.17, 15) is 14.4 Å². The molecular formula is C20H23N3O3. The minimum atomic E-state index is -0.466. The number of likely N-dealkylation sites (N-methyl/N-ethyl adjacent to an activating group) is 1. The molecule has 1 aromatic carbocycles. The van der Waals surface area contributed by atoms with E-state index in [1.165, 1.54) is 4.90 Å². The lowest BCUT2D eigenvalue weighted by Crippen LogP contribution is -2.43. The number of H-pyrrole nitrogens is 1. The number of hydrogen-bond donors (Lipinski definition) is 1. The lowest BCUT2D eigenvalue weighted by molar-refractivity contribution is -0.146. The van der Waals surface area contributed by atoms with Crippen molar-refractivity contribution in [2.45, 2.75) is 32.6 Å². The van der Waals surface area contributed by atoms with Crippen LogP contribution in [0.5, 0.6) is 0 Å². The fraction of sp³-hybridized carbons (Fsp3) is 0.450. The van der Waals surface area contributed by atoms with Gasteiger partial charge in [-0.3, -0.25) is 19.3 Å². The van der Waals surface area contributed by atoms with Crippen molar-refractivity contribution in [3.63, 3.8) is 0 Å². The molecule has 26 heavy (non-hydrogen) atoms. The Bertz CT molecular complexity index is 897. The van der Waals surface area contributed by atoms with Crippen LogP contribution in [-0.2, 0) is 20.8 Å². The molecule has 1 aromatic heterocycles. The molecule has 1 fully saturated rings. The van der Waals surface area contributed by atoms with E-state index >= 15 is 0 Å². The summed E-state index contributed by atoms with van der Waals surface area (Å²) < 4.78 is 0. The summed E-state index contributed by atoms with van der Waals surface area (Å²) in [6.45, 7) is 4.79. The molecule has 2 heterocycles. The Balaban J connectivity index is 1.69. The molecule has 0 bridgehead atoms. The van der Waals surface area contributed by atoms with Gasteiger partial charge < -0.3 is 9.88 Å². The molecule has 1 aliphatic carbocycles. The van der Waals surface area contributed by atoms with Crippen LogP contribution in [0.2, 0.25) is 0 Å². The molecule has 2 aliphatic rings. The number of aryl methyl sites for hydroxylation is 1. The fourth-order valence-electron chi connectivity index (χ4n) is 4.45. The minimum absolute atomic E-state index is 0.149. The number of imide groups is 1. The molecule has 1 saturated heterocycles. The van der Waals surface area contributed by atoms with Crippen LogP contribution in [0, 0.1) is 5.92 Å². The van der Waals surface area contributed by atoms with Gasteiger partial charge in [-0.15, -0.1) is 0 Å². The van der Waals surface area contributed by atoms with Gasteiger partial charge in [0.25, 0.3) is 0 Å². The Morgan fingerprint density at radius 2 is 1.92 bits per heavy atom. The molecule has 1 N–H and O–H groups in total. The first-order valence-electron chi connectivity index (χ1n) is 9.29. The molecule has 136 valence electrons. The first-order valence-corrected chi connectivity index (χ1v) is 9.29. The molecule has 2 unspecified atom stereocenters. The van der Waals surface area contributed by atoms with Gasteiger partial charge in [-0.1, -0.05) is 18.2 Å². The smallest absolute Gasteiger partial charge is 0.242 e. The van der Waals surface area contributed by atoms with E-state index in [2.05, 4.69) is 4.98 Å². The van der Waals surface area contributed by atoms with Crippen LogP contribution in [0.3, 0.4) is 0 Å². The van der Waals surface area contributed by atoms with Crippen molar-refractivity contribution in [1.82, 2.24) is 14.8 Å². The van der Waals surface area contributed by atoms with E-state index in [-0.39, 0.29) is 30.2 Å². The lowest BCUT2D eigenvalue weighted by atomic mass is 9.78. The second-order valence-corrected chi connectivity index (χ2v) is 7.01. The summed E-state index contributed by atoms with van der Waals surface area (Å²) in [5, 5.41) is 1.01. The lowest BCUT2D eigenvalue weighted by Gasteiger charge is -2.22. The fourth-order valence-corrected chi connectivity index (χ4v) is 4.45. The number of amides is 3. The van der Waals surface area contributed by atoms with Gasteiger partial charge in [-0.05, 0) is 38.3 Å². The minimum Gasteiger partial charge on any atom is -0.358 e. The summed E-state index contributed by atoms with van der Waals surface area (Å²) in [6.07, 6.45) is 1.40. The Kier molecular flexibility index (Phi) is 4.05. The molecule has 0 spiro atoms. The molecule has 3 amide bonds. The zero-order valence-corrected chi connectivity index (χ0v) is 15.1. The number of hydrogen-bond acceptors (Lipinski definition) is 3. The molecule has 2 aromatic rings. The van der Waals surface area contributed by atoms with Crippen molar-refractivity contribution in [2.24, 2.45) is 5.92 Å². The monoisotopic (exact) mass is 353 g/mol. The maximum atomic E-state index is 13.1. The van der Waals surface area contributed by atoms with E-state index in [1.54, 1.807) is 4.90 Å².